The van der Waals surface area contributed by atoms with E-state index in [1.807, 2.05) is 23.1 Å². The van der Waals surface area contributed by atoms with E-state index in [4.69, 9.17) is 4.74 Å². The molecule has 0 bridgehead atoms. The van der Waals surface area contributed by atoms with Crippen LogP contribution in [0.25, 0.3) is 0 Å². The zero-order chi connectivity index (χ0) is 13.1. The Hall–Kier alpha value is 0.0900. The van der Waals surface area contributed by atoms with Gasteiger partial charge < -0.3 is 9.64 Å². The summed E-state index contributed by atoms with van der Waals surface area (Å²) in [5.74, 6) is 0.0475. The second kappa shape index (κ2) is 6.50. The van der Waals surface area contributed by atoms with E-state index in [0.717, 1.165) is 14.3 Å². The molecule has 0 N–H and O–H groups in total. The van der Waals surface area contributed by atoms with Crippen LogP contribution in [0.1, 0.15) is 10.4 Å². The van der Waals surface area contributed by atoms with Crippen LogP contribution in [0, 0.1) is 0 Å². The Morgan fingerprint density at radius 2 is 2.00 bits per heavy atom. The third-order valence-electron chi connectivity index (χ3n) is 2.71. The Morgan fingerprint density at radius 1 is 1.33 bits per heavy atom. The smallest absolute Gasteiger partial charge is 0.254 e. The van der Waals surface area contributed by atoms with Crippen LogP contribution in [0.5, 0.6) is 0 Å². The quantitative estimate of drug-likeness (QED) is 0.658. The van der Waals surface area contributed by atoms with Crippen molar-refractivity contribution in [2.75, 3.05) is 25.0 Å². The number of carbonyl (C=O) groups excluding carboxylic acids is 1. The first-order valence-corrected chi connectivity index (χ1v) is 8.24. The van der Waals surface area contributed by atoms with Crippen LogP contribution in [0.3, 0.4) is 0 Å². The average Bonchev–Trinajstić information content (AvgIpc) is 2.37. The van der Waals surface area contributed by atoms with E-state index in [1.165, 1.54) is 0 Å². The third-order valence-corrected chi connectivity index (χ3v) is 4.35. The largest absolute Gasteiger partial charge is 0.374 e. The predicted molar refractivity (Wildman–Crippen MR) is 81.3 cm³/mol. The molecular formula is C12H12Br3NO2. The van der Waals surface area contributed by atoms with Crippen LogP contribution in [0.2, 0.25) is 0 Å². The Bertz CT molecular complexity index is 433. The molecule has 18 heavy (non-hydrogen) atoms. The van der Waals surface area contributed by atoms with Gasteiger partial charge in [-0.2, -0.15) is 0 Å². The van der Waals surface area contributed by atoms with Gasteiger partial charge in [-0.1, -0.05) is 47.8 Å². The van der Waals surface area contributed by atoms with Crippen molar-refractivity contribution in [2.45, 2.75) is 6.10 Å². The standard InChI is InChI=1S/C12H12Br3NO2/c13-6-11-7-16(1-2-18-11)12(17)8-3-9(14)5-10(15)4-8/h3-5,11H,1-2,6-7H2. The monoisotopic (exact) mass is 439 g/mol. The summed E-state index contributed by atoms with van der Waals surface area (Å²) in [6.45, 7) is 1.87. The number of nitrogens with zero attached hydrogens (tertiary/aromatic N) is 1. The first kappa shape index (κ1) is 14.5. The molecular weight excluding hydrogens is 430 g/mol. The fourth-order valence-corrected chi connectivity index (χ4v) is 3.54. The van der Waals surface area contributed by atoms with Gasteiger partial charge in [-0.15, -0.1) is 0 Å². The molecule has 0 spiro atoms. The maximum Gasteiger partial charge on any atom is 0.254 e. The summed E-state index contributed by atoms with van der Waals surface area (Å²) in [6.07, 6.45) is 0.0818. The SMILES string of the molecule is O=C(c1cc(Br)cc(Br)c1)N1CCOC(CBr)C1. The molecule has 1 unspecified atom stereocenters. The minimum Gasteiger partial charge on any atom is -0.374 e. The highest BCUT2D eigenvalue weighted by molar-refractivity contribution is 9.11. The first-order valence-electron chi connectivity index (χ1n) is 5.53. The highest BCUT2D eigenvalue weighted by Gasteiger charge is 2.24. The van der Waals surface area contributed by atoms with E-state index < -0.39 is 0 Å². The van der Waals surface area contributed by atoms with E-state index in [2.05, 4.69) is 47.8 Å². The number of halogens is 3. The summed E-state index contributed by atoms with van der Waals surface area (Å²) in [5, 5.41) is 0.749. The molecule has 1 amide bonds. The van der Waals surface area contributed by atoms with Crippen molar-refractivity contribution < 1.29 is 9.53 Å². The van der Waals surface area contributed by atoms with Gasteiger partial charge in [-0.25, -0.2) is 0 Å². The molecule has 1 aliphatic heterocycles. The first-order chi connectivity index (χ1) is 8.60. The van der Waals surface area contributed by atoms with Crippen molar-refractivity contribution >= 4 is 53.7 Å². The zero-order valence-corrected chi connectivity index (χ0v) is 14.3. The lowest BCUT2D eigenvalue weighted by molar-refractivity contribution is -0.00965. The Labute approximate surface area is 131 Å². The maximum absolute atomic E-state index is 12.4. The molecule has 6 heteroatoms. The summed E-state index contributed by atoms with van der Waals surface area (Å²) in [7, 11) is 0. The molecule has 1 aromatic rings. The topological polar surface area (TPSA) is 29.5 Å². The highest BCUT2D eigenvalue weighted by atomic mass is 79.9. The number of morpholine rings is 1. The van der Waals surface area contributed by atoms with Crippen LogP contribution < -0.4 is 0 Å². The van der Waals surface area contributed by atoms with E-state index >= 15 is 0 Å². The molecule has 0 aromatic heterocycles. The second-order valence-corrected chi connectivity index (χ2v) is 6.54. The predicted octanol–water partition coefficient (Wildman–Crippen LogP) is 3.45. The number of rotatable bonds is 2. The molecule has 0 saturated carbocycles. The molecule has 1 aromatic carbocycles. The fraction of sp³-hybridized carbons (Fsp3) is 0.417. The molecule has 1 fully saturated rings. The van der Waals surface area contributed by atoms with Gasteiger partial charge in [0, 0.05) is 32.9 Å². The third kappa shape index (κ3) is 3.56. The van der Waals surface area contributed by atoms with Crippen LogP contribution >= 0.6 is 47.8 Å². The van der Waals surface area contributed by atoms with Gasteiger partial charge in [0.15, 0.2) is 0 Å². The van der Waals surface area contributed by atoms with Crippen molar-refractivity contribution in [1.29, 1.82) is 0 Å². The summed E-state index contributed by atoms with van der Waals surface area (Å²) in [5.41, 5.74) is 0.687. The lowest BCUT2D eigenvalue weighted by atomic mass is 10.2. The molecule has 1 aliphatic rings. The van der Waals surface area contributed by atoms with Gasteiger partial charge in [0.05, 0.1) is 12.7 Å². The van der Waals surface area contributed by atoms with Gasteiger partial charge in [0.25, 0.3) is 5.91 Å². The average molecular weight is 442 g/mol. The van der Waals surface area contributed by atoms with Crippen molar-refractivity contribution in [3.63, 3.8) is 0 Å². The van der Waals surface area contributed by atoms with Gasteiger partial charge in [-0.05, 0) is 18.2 Å². The number of hydrogen-bond donors (Lipinski definition) is 0. The van der Waals surface area contributed by atoms with Gasteiger partial charge >= 0.3 is 0 Å². The van der Waals surface area contributed by atoms with Crippen LogP contribution in [0.4, 0.5) is 0 Å². The van der Waals surface area contributed by atoms with Crippen molar-refractivity contribution in [2.24, 2.45) is 0 Å². The lowest BCUT2D eigenvalue weighted by Crippen LogP contribution is -2.46. The highest BCUT2D eigenvalue weighted by Crippen LogP contribution is 2.22. The Balaban J connectivity index is 2.15. The Kier molecular flexibility index (Phi) is 5.24. The van der Waals surface area contributed by atoms with Gasteiger partial charge in [0.1, 0.15) is 0 Å². The molecule has 0 radical (unpaired) electrons. The number of benzene rings is 1. The molecule has 1 heterocycles. The number of amides is 1. The van der Waals surface area contributed by atoms with Gasteiger partial charge in [-0.3, -0.25) is 4.79 Å². The fourth-order valence-electron chi connectivity index (χ4n) is 1.86. The lowest BCUT2D eigenvalue weighted by Gasteiger charge is -2.32. The second-order valence-electron chi connectivity index (χ2n) is 4.06. The number of alkyl halides is 1. The van der Waals surface area contributed by atoms with Crippen molar-refractivity contribution in [3.8, 4) is 0 Å². The van der Waals surface area contributed by atoms with Gasteiger partial charge in [0.2, 0.25) is 0 Å². The van der Waals surface area contributed by atoms with Crippen LogP contribution in [-0.2, 0) is 4.74 Å². The number of carbonyl (C=O) groups is 1. The van der Waals surface area contributed by atoms with E-state index in [1.54, 1.807) is 0 Å². The van der Waals surface area contributed by atoms with Crippen molar-refractivity contribution in [1.82, 2.24) is 4.90 Å². The summed E-state index contributed by atoms with van der Waals surface area (Å²) in [4.78, 5) is 14.2. The van der Waals surface area contributed by atoms with Crippen LogP contribution in [0.15, 0.2) is 27.1 Å². The molecule has 1 saturated heterocycles. The van der Waals surface area contributed by atoms with E-state index in [0.29, 0.717) is 25.3 Å². The number of hydrogen-bond acceptors (Lipinski definition) is 2. The van der Waals surface area contributed by atoms with E-state index in [-0.39, 0.29) is 12.0 Å². The summed E-state index contributed by atoms with van der Waals surface area (Å²) < 4.78 is 7.32. The van der Waals surface area contributed by atoms with Crippen molar-refractivity contribution in [3.05, 3.63) is 32.7 Å². The minimum absolute atomic E-state index is 0.0475. The molecule has 3 nitrogen and oxygen atoms in total. The Morgan fingerprint density at radius 3 is 2.61 bits per heavy atom. The zero-order valence-electron chi connectivity index (χ0n) is 9.54. The van der Waals surface area contributed by atoms with Crippen LogP contribution in [-0.4, -0.2) is 41.9 Å². The summed E-state index contributed by atoms with van der Waals surface area (Å²) in [6, 6.07) is 5.59. The molecule has 98 valence electrons. The normalized spacial score (nSPS) is 19.9. The molecule has 0 aliphatic carbocycles. The van der Waals surface area contributed by atoms with E-state index in [9.17, 15) is 4.79 Å². The summed E-state index contributed by atoms with van der Waals surface area (Å²) >= 11 is 10.2. The molecule has 1 atom stereocenters. The maximum atomic E-state index is 12.4. The number of ether oxygens (including phenoxy) is 1. The minimum atomic E-state index is 0.0475. The molecule has 2 rings (SSSR count).